The highest BCUT2D eigenvalue weighted by atomic mass is 16.7. The Hall–Kier alpha value is -2.24. The molecule has 1 fully saturated rings. The fourth-order valence-electron chi connectivity index (χ4n) is 3.14. The van der Waals surface area contributed by atoms with E-state index in [1.54, 1.807) is 11.8 Å². The van der Waals surface area contributed by atoms with Crippen molar-refractivity contribution in [3.05, 3.63) is 24.3 Å². The maximum absolute atomic E-state index is 12.1. The average Bonchev–Trinajstić information content (AvgIpc) is 3.24. The van der Waals surface area contributed by atoms with Gasteiger partial charge in [-0.1, -0.05) is 51.3 Å². The van der Waals surface area contributed by atoms with Gasteiger partial charge in [-0.05, 0) is 42.9 Å². The Kier molecular flexibility index (Phi) is 7.75. The van der Waals surface area contributed by atoms with Gasteiger partial charge >= 0.3 is 12.2 Å². The third kappa shape index (κ3) is 6.58. The Balaban J connectivity index is 0.000000331. The Morgan fingerprint density at radius 2 is 1.85 bits per heavy atom. The molecule has 0 atom stereocenters. The lowest BCUT2D eigenvalue weighted by molar-refractivity contribution is 0.0278. The lowest BCUT2D eigenvalue weighted by Crippen LogP contribution is -2.46. The van der Waals surface area contributed by atoms with Crippen molar-refractivity contribution < 1.29 is 19.2 Å². The number of benzene rings is 1. The summed E-state index contributed by atoms with van der Waals surface area (Å²) in [4.78, 5) is 29.8. The first-order chi connectivity index (χ1) is 12.5. The van der Waals surface area contributed by atoms with Crippen molar-refractivity contribution in [2.75, 3.05) is 13.2 Å². The first kappa shape index (κ1) is 20.1. The molecule has 6 heteroatoms. The quantitative estimate of drug-likeness (QED) is 0.798. The van der Waals surface area contributed by atoms with Crippen molar-refractivity contribution in [3.8, 4) is 11.1 Å². The summed E-state index contributed by atoms with van der Waals surface area (Å²) in [6, 6.07) is 8.69. The van der Waals surface area contributed by atoms with E-state index >= 15 is 0 Å². The SMILES string of the molecule is CCOC(=O)NOC(=O)N(CC(C)C)C1CCCCC1.c1cc2cc-2c1. The largest absolute Gasteiger partial charge is 0.448 e. The van der Waals surface area contributed by atoms with E-state index in [0.717, 1.165) is 25.7 Å². The summed E-state index contributed by atoms with van der Waals surface area (Å²) >= 11 is 0. The van der Waals surface area contributed by atoms with Crippen LogP contribution in [0, 0.1) is 5.92 Å². The number of hydrogen-bond acceptors (Lipinski definition) is 4. The van der Waals surface area contributed by atoms with Crippen molar-refractivity contribution in [2.45, 2.75) is 58.9 Å². The number of rotatable bonds is 4. The van der Waals surface area contributed by atoms with Gasteiger partial charge < -0.3 is 14.5 Å². The number of ether oxygens (including phenoxy) is 1. The standard InChI is InChI=1S/C14H26N2O4.C6H4/c1-4-19-13(17)15-20-14(18)16(10-11(2)3)12-8-6-5-7-9-12;1-2-5-4-6(5)3-1/h11-12H,4-10H2,1-3H3,(H,15,17);1-4H. The molecule has 3 aliphatic carbocycles. The van der Waals surface area contributed by atoms with Crippen LogP contribution >= 0.6 is 0 Å². The van der Waals surface area contributed by atoms with Gasteiger partial charge in [0, 0.05) is 12.6 Å². The first-order valence-corrected chi connectivity index (χ1v) is 9.52. The van der Waals surface area contributed by atoms with Gasteiger partial charge in [0.2, 0.25) is 0 Å². The van der Waals surface area contributed by atoms with E-state index in [0.29, 0.717) is 12.5 Å². The molecule has 6 nitrogen and oxygen atoms in total. The molecule has 0 spiro atoms. The van der Waals surface area contributed by atoms with Crippen molar-refractivity contribution in [1.82, 2.24) is 10.4 Å². The van der Waals surface area contributed by atoms with Gasteiger partial charge in [0.25, 0.3) is 0 Å². The summed E-state index contributed by atoms with van der Waals surface area (Å²) in [7, 11) is 0. The second-order valence-electron chi connectivity index (χ2n) is 7.11. The summed E-state index contributed by atoms with van der Waals surface area (Å²) in [5.74, 6) is 0.354. The third-order valence-corrected chi connectivity index (χ3v) is 4.42. The van der Waals surface area contributed by atoms with Gasteiger partial charge in [0.15, 0.2) is 0 Å². The highest BCUT2D eigenvalue weighted by Crippen LogP contribution is 2.32. The summed E-state index contributed by atoms with van der Waals surface area (Å²) in [6.45, 7) is 6.67. The first-order valence-electron chi connectivity index (χ1n) is 9.52. The molecule has 2 amide bonds. The molecule has 0 aromatic heterocycles. The van der Waals surface area contributed by atoms with E-state index in [-0.39, 0.29) is 12.6 Å². The average molecular weight is 362 g/mol. The number of carbonyl (C=O) groups excluding carboxylic acids is 2. The molecule has 0 unspecified atom stereocenters. The van der Waals surface area contributed by atoms with Crippen LogP contribution in [0.15, 0.2) is 24.3 Å². The second-order valence-corrected chi connectivity index (χ2v) is 7.11. The second kappa shape index (κ2) is 10.0. The van der Waals surface area contributed by atoms with E-state index in [1.165, 1.54) is 17.5 Å². The lowest BCUT2D eigenvalue weighted by Gasteiger charge is -2.34. The van der Waals surface area contributed by atoms with Crippen molar-refractivity contribution in [3.63, 3.8) is 0 Å². The number of nitrogens with one attached hydrogen (secondary N) is 1. The van der Waals surface area contributed by atoms with Crippen LogP contribution in [0.3, 0.4) is 0 Å². The molecule has 144 valence electrons. The van der Waals surface area contributed by atoms with Crippen molar-refractivity contribution in [1.29, 1.82) is 0 Å². The predicted octanol–water partition coefficient (Wildman–Crippen LogP) is 4.74. The van der Waals surface area contributed by atoms with Crippen LogP contribution < -0.4 is 5.48 Å². The summed E-state index contributed by atoms with van der Waals surface area (Å²) < 4.78 is 4.65. The van der Waals surface area contributed by atoms with Crippen LogP contribution in [0.4, 0.5) is 9.59 Å². The van der Waals surface area contributed by atoms with Gasteiger partial charge in [-0.3, -0.25) is 0 Å². The van der Waals surface area contributed by atoms with E-state index in [1.807, 2.05) is 5.48 Å². The third-order valence-electron chi connectivity index (χ3n) is 4.42. The number of amides is 2. The zero-order chi connectivity index (χ0) is 18.9. The van der Waals surface area contributed by atoms with Crippen molar-refractivity contribution >= 4 is 12.2 Å². The molecule has 0 aromatic carbocycles. The minimum absolute atomic E-state index is 0.211. The Morgan fingerprint density at radius 1 is 1.19 bits per heavy atom. The minimum Gasteiger partial charge on any atom is -0.448 e. The fourth-order valence-corrected chi connectivity index (χ4v) is 3.14. The molecule has 0 aromatic rings. The predicted molar refractivity (Wildman–Crippen MR) is 100 cm³/mol. The van der Waals surface area contributed by atoms with E-state index in [4.69, 9.17) is 4.84 Å². The summed E-state index contributed by atoms with van der Waals surface area (Å²) in [5, 5.41) is 0. The molecule has 1 saturated carbocycles. The van der Waals surface area contributed by atoms with Gasteiger partial charge in [0.1, 0.15) is 0 Å². The highest BCUT2D eigenvalue weighted by Gasteiger charge is 2.27. The molecular formula is C20H30N2O4. The molecule has 0 bridgehead atoms. The zero-order valence-electron chi connectivity index (χ0n) is 16.0. The van der Waals surface area contributed by atoms with Gasteiger partial charge in [0.05, 0.1) is 6.61 Å². The minimum atomic E-state index is -0.742. The maximum atomic E-state index is 12.1. The molecule has 3 rings (SSSR count). The van der Waals surface area contributed by atoms with Crippen LogP contribution in [0.25, 0.3) is 11.1 Å². The Bertz CT molecular complexity index is 580. The van der Waals surface area contributed by atoms with Crippen LogP contribution in [0.1, 0.15) is 52.9 Å². The van der Waals surface area contributed by atoms with E-state index in [9.17, 15) is 9.59 Å². The smallest absolute Gasteiger partial charge is 0.440 e. The molecular weight excluding hydrogens is 332 g/mol. The monoisotopic (exact) mass is 362 g/mol. The lowest BCUT2D eigenvalue weighted by atomic mass is 9.94. The van der Waals surface area contributed by atoms with Gasteiger partial charge in [-0.15, -0.1) is 5.48 Å². The van der Waals surface area contributed by atoms with E-state index in [2.05, 4.69) is 42.8 Å². The molecule has 26 heavy (non-hydrogen) atoms. The highest BCUT2D eigenvalue weighted by molar-refractivity contribution is 5.80. The van der Waals surface area contributed by atoms with E-state index < -0.39 is 12.2 Å². The zero-order valence-corrected chi connectivity index (χ0v) is 16.0. The normalized spacial score (nSPS) is 14.8. The number of hydrogen-bond donors (Lipinski definition) is 1. The maximum Gasteiger partial charge on any atom is 0.440 e. The van der Waals surface area contributed by atoms with Crippen molar-refractivity contribution in [2.24, 2.45) is 5.92 Å². The van der Waals surface area contributed by atoms with Crippen LogP contribution in [-0.2, 0) is 9.57 Å². The molecule has 3 aliphatic rings. The van der Waals surface area contributed by atoms with Crippen LogP contribution in [0.2, 0.25) is 0 Å². The number of carbonyl (C=O) groups is 2. The van der Waals surface area contributed by atoms with Crippen LogP contribution in [-0.4, -0.2) is 36.3 Å². The van der Waals surface area contributed by atoms with Gasteiger partial charge in [-0.25, -0.2) is 9.59 Å². The number of fused-ring (bicyclic) bond motifs is 1. The summed E-state index contributed by atoms with van der Waals surface area (Å²) in [5.41, 5.74) is 4.88. The molecule has 0 radical (unpaired) electrons. The Morgan fingerprint density at radius 3 is 2.31 bits per heavy atom. The molecule has 1 N–H and O–H groups in total. The topological polar surface area (TPSA) is 67.9 Å². The Labute approximate surface area is 155 Å². The fraction of sp³-hybridized carbons (Fsp3) is 0.600. The summed E-state index contributed by atoms with van der Waals surface area (Å²) in [6.07, 6.45) is 4.26. The molecule has 0 heterocycles. The number of nitrogens with zero attached hydrogens (tertiary/aromatic N) is 1. The number of hydroxylamine groups is 1. The van der Waals surface area contributed by atoms with Gasteiger partial charge in [-0.2, -0.15) is 0 Å². The van der Waals surface area contributed by atoms with Crippen LogP contribution in [0.5, 0.6) is 0 Å². The molecule has 0 aliphatic heterocycles. The molecule has 0 saturated heterocycles.